The molecule has 0 amide bonds. The van der Waals surface area contributed by atoms with E-state index in [1.807, 2.05) is 0 Å². The molecule has 3 aromatic heterocycles. The van der Waals surface area contributed by atoms with Crippen molar-refractivity contribution >= 4 is 68.0 Å². The van der Waals surface area contributed by atoms with E-state index in [2.05, 4.69) is 35.2 Å². The number of nitro groups is 5. The summed E-state index contributed by atoms with van der Waals surface area (Å²) in [5, 5.41) is 69.0. The molecular weight excluding hydrogens is 512 g/mol. The normalized spacial score (nSPS) is 11.9. The van der Waals surface area contributed by atoms with Crippen LogP contribution in [0.1, 0.15) is 6.92 Å². The number of fused-ring (bicyclic) bond motifs is 6. The SMILES string of the molecule is C[C@@H](O)Nc1nc2c(nc1[N+](=O)[O-])c1nc([N+](=O)[O-])c([N+](=O)[O-])nc1c1nc([N+](=O)[O-])c([N+](=O)[O-])nc21. The number of nitrogens with one attached hydrogen (secondary N) is 1. The summed E-state index contributed by atoms with van der Waals surface area (Å²) in [6, 6.07) is 0. The maximum Gasteiger partial charge on any atom is 0.463 e. The number of nitrogens with zero attached hydrogens (tertiary/aromatic N) is 11. The second kappa shape index (κ2) is 8.34. The molecule has 23 heteroatoms. The van der Waals surface area contributed by atoms with E-state index in [1.165, 1.54) is 0 Å². The number of rotatable bonds is 7. The van der Waals surface area contributed by atoms with Gasteiger partial charge in [-0.25, -0.2) is 4.98 Å². The molecule has 0 aliphatic rings. The Morgan fingerprint density at radius 2 is 0.784 bits per heavy atom. The van der Waals surface area contributed by atoms with Crippen molar-refractivity contribution in [2.24, 2.45) is 0 Å². The van der Waals surface area contributed by atoms with Gasteiger partial charge in [0.05, 0.1) is 0 Å². The molecule has 0 spiro atoms. The molecule has 4 rings (SSSR count). The number of aromatic nitrogens is 6. The Morgan fingerprint density at radius 1 is 0.541 bits per heavy atom. The van der Waals surface area contributed by atoms with Crippen molar-refractivity contribution in [1.29, 1.82) is 0 Å². The molecule has 2 N–H and O–H groups in total. The summed E-state index contributed by atoms with van der Waals surface area (Å²) in [7, 11) is 0. The summed E-state index contributed by atoms with van der Waals surface area (Å²) in [6.07, 6.45) is -1.44. The highest BCUT2D eigenvalue weighted by Gasteiger charge is 2.41. The predicted molar refractivity (Wildman–Crippen MR) is 114 cm³/mol. The van der Waals surface area contributed by atoms with E-state index < -0.39 is 98.9 Å². The Balaban J connectivity index is 2.37. The summed E-state index contributed by atoms with van der Waals surface area (Å²) in [5.74, 6) is -7.42. The van der Waals surface area contributed by atoms with Crippen LogP contribution in [0.15, 0.2) is 0 Å². The molecule has 1 atom stereocenters. The molecule has 0 saturated heterocycles. The van der Waals surface area contributed by atoms with Crippen LogP contribution in [0.2, 0.25) is 0 Å². The van der Waals surface area contributed by atoms with Crippen LogP contribution in [0.4, 0.5) is 34.9 Å². The fraction of sp³-hybridized carbons (Fsp3) is 0.143. The average Bonchev–Trinajstić information content (AvgIpc) is 2.81. The third-order valence-corrected chi connectivity index (χ3v) is 4.48. The Labute approximate surface area is 197 Å². The summed E-state index contributed by atoms with van der Waals surface area (Å²) >= 11 is 0. The molecule has 0 aliphatic carbocycles. The quantitative estimate of drug-likeness (QED) is 0.148. The highest BCUT2D eigenvalue weighted by molar-refractivity contribution is 6.19. The molecule has 0 aliphatic heterocycles. The monoisotopic (exact) mass is 518 g/mol. The first-order valence-corrected chi connectivity index (χ1v) is 9.25. The number of hydrogen-bond donors (Lipinski definition) is 2. The first-order chi connectivity index (χ1) is 17.3. The van der Waals surface area contributed by atoms with Crippen molar-refractivity contribution < 1.29 is 29.7 Å². The minimum absolute atomic E-state index is 0.598. The standard InChI is InChI=1S/C14H6N12O11/c1-2(27)15-9-10(22(28)29)17-4-3(16-9)5-7(20-12(24(32)33)11(18-5)23(30)31)8-6(4)19-13(25(34)35)14(21-8)26(36)37/h2,27H,1H3,(H,15,16)/t2-/m1/s1. The molecular formula is C14H6N12O11. The number of aliphatic hydroxyl groups is 1. The van der Waals surface area contributed by atoms with Crippen LogP contribution in [0.5, 0.6) is 0 Å². The molecule has 188 valence electrons. The van der Waals surface area contributed by atoms with Crippen LogP contribution >= 0.6 is 0 Å². The Hall–Kier alpha value is -6.00. The van der Waals surface area contributed by atoms with E-state index in [9.17, 15) is 55.7 Å². The molecule has 37 heavy (non-hydrogen) atoms. The second-order valence-corrected chi connectivity index (χ2v) is 6.83. The van der Waals surface area contributed by atoms with Crippen LogP contribution in [0.3, 0.4) is 0 Å². The van der Waals surface area contributed by atoms with Gasteiger partial charge in [-0.3, -0.25) is 0 Å². The molecule has 0 radical (unpaired) electrons. The number of aliphatic hydroxyl groups excluding tert-OH is 1. The van der Waals surface area contributed by atoms with Crippen LogP contribution in [-0.4, -0.2) is 65.9 Å². The summed E-state index contributed by atoms with van der Waals surface area (Å²) < 4.78 is 0. The number of hydrogen-bond acceptors (Lipinski definition) is 18. The lowest BCUT2D eigenvalue weighted by molar-refractivity contribution is -0.428. The van der Waals surface area contributed by atoms with E-state index in [4.69, 9.17) is 0 Å². The van der Waals surface area contributed by atoms with Crippen molar-refractivity contribution in [3.63, 3.8) is 0 Å². The van der Waals surface area contributed by atoms with Crippen molar-refractivity contribution in [3.05, 3.63) is 50.6 Å². The van der Waals surface area contributed by atoms with Gasteiger partial charge in [0.2, 0.25) is 5.82 Å². The van der Waals surface area contributed by atoms with Crippen LogP contribution in [0, 0.1) is 50.6 Å². The Morgan fingerprint density at radius 3 is 1.03 bits per heavy atom. The average molecular weight is 518 g/mol. The lowest BCUT2D eigenvalue weighted by Crippen LogP contribution is -2.17. The van der Waals surface area contributed by atoms with Gasteiger partial charge in [0, 0.05) is 0 Å². The van der Waals surface area contributed by atoms with Gasteiger partial charge in [-0.2, -0.15) is 0 Å². The highest BCUT2D eigenvalue weighted by Crippen LogP contribution is 2.38. The lowest BCUT2D eigenvalue weighted by Gasteiger charge is -2.08. The first-order valence-electron chi connectivity index (χ1n) is 9.25. The third-order valence-electron chi connectivity index (χ3n) is 4.48. The summed E-state index contributed by atoms with van der Waals surface area (Å²) in [6.45, 7) is 1.15. The van der Waals surface area contributed by atoms with E-state index in [1.54, 1.807) is 0 Å². The van der Waals surface area contributed by atoms with Gasteiger partial charge in [-0.1, -0.05) is 0 Å². The zero-order valence-corrected chi connectivity index (χ0v) is 17.5. The minimum atomic E-state index is -1.44. The van der Waals surface area contributed by atoms with E-state index in [-0.39, 0.29) is 0 Å². The van der Waals surface area contributed by atoms with Gasteiger partial charge in [0.25, 0.3) is 27.6 Å². The largest absolute Gasteiger partial charge is 0.463 e. The first kappa shape index (κ1) is 24.1. The molecule has 0 bridgehead atoms. The third kappa shape index (κ3) is 3.87. The summed E-state index contributed by atoms with van der Waals surface area (Å²) in [4.78, 5) is 72.7. The van der Waals surface area contributed by atoms with Crippen molar-refractivity contribution in [1.82, 2.24) is 29.9 Å². The smallest absolute Gasteiger partial charge is 0.374 e. The Kier molecular flexibility index (Phi) is 5.44. The van der Waals surface area contributed by atoms with E-state index >= 15 is 0 Å². The molecule has 23 nitrogen and oxygen atoms in total. The molecule has 0 saturated carbocycles. The second-order valence-electron chi connectivity index (χ2n) is 6.83. The van der Waals surface area contributed by atoms with E-state index in [0.29, 0.717) is 0 Å². The zero-order chi connectivity index (χ0) is 27.3. The molecule has 1 aromatic carbocycles. The zero-order valence-electron chi connectivity index (χ0n) is 17.5. The molecule has 4 aromatic rings. The molecule has 3 heterocycles. The fourth-order valence-corrected chi connectivity index (χ4v) is 3.16. The lowest BCUT2D eigenvalue weighted by atomic mass is 10.2. The maximum atomic E-state index is 11.6. The molecule has 0 unspecified atom stereocenters. The van der Waals surface area contributed by atoms with Gasteiger partial charge in [0.1, 0.15) is 6.23 Å². The molecule has 0 fully saturated rings. The van der Waals surface area contributed by atoms with Crippen molar-refractivity contribution in [2.75, 3.05) is 5.32 Å². The van der Waals surface area contributed by atoms with Gasteiger partial charge < -0.3 is 61.0 Å². The number of benzene rings is 1. The Bertz CT molecular complexity index is 1690. The van der Waals surface area contributed by atoms with Crippen molar-refractivity contribution in [2.45, 2.75) is 13.2 Å². The van der Waals surface area contributed by atoms with Crippen LogP contribution in [-0.2, 0) is 0 Å². The van der Waals surface area contributed by atoms with E-state index in [0.717, 1.165) is 6.92 Å². The van der Waals surface area contributed by atoms with Gasteiger partial charge in [-0.15, -0.1) is 0 Å². The van der Waals surface area contributed by atoms with Crippen LogP contribution in [0.25, 0.3) is 33.1 Å². The maximum absolute atomic E-state index is 11.6. The van der Waals surface area contributed by atoms with Gasteiger partial charge in [0.15, 0.2) is 5.52 Å². The predicted octanol–water partition coefficient (Wildman–Crippen LogP) is 0.807. The highest BCUT2D eigenvalue weighted by atomic mass is 16.7. The number of anilines is 1. The fourth-order valence-electron chi connectivity index (χ4n) is 3.16. The summed E-state index contributed by atoms with van der Waals surface area (Å²) in [5.41, 5.74) is -4.22. The van der Waals surface area contributed by atoms with Crippen molar-refractivity contribution in [3.8, 4) is 0 Å². The minimum Gasteiger partial charge on any atom is -0.374 e. The van der Waals surface area contributed by atoms with Gasteiger partial charge >= 0.3 is 29.1 Å². The van der Waals surface area contributed by atoms with Gasteiger partial charge in [-0.05, 0) is 56.5 Å². The van der Waals surface area contributed by atoms with Crippen LogP contribution < -0.4 is 5.32 Å². The topological polar surface area (TPSA) is 325 Å².